The van der Waals surface area contributed by atoms with E-state index >= 15 is 0 Å². The third kappa shape index (κ3) is 4.74. The third-order valence-electron chi connectivity index (χ3n) is 4.66. The van der Waals surface area contributed by atoms with Crippen LogP contribution < -0.4 is 4.74 Å². The normalized spacial score (nSPS) is 15.1. The molecular formula is C19H26N2O2S2. The fourth-order valence-electron chi connectivity index (χ4n) is 2.94. The highest BCUT2D eigenvalue weighted by Crippen LogP contribution is 2.51. The number of carbonyl (C=O) groups is 1. The molecule has 3 rings (SSSR count). The maximum absolute atomic E-state index is 12.3. The van der Waals surface area contributed by atoms with Crippen LogP contribution in [-0.2, 0) is 6.42 Å². The number of benzene rings is 1. The number of aromatic amines is 1. The van der Waals surface area contributed by atoms with E-state index in [1.807, 2.05) is 24.4 Å². The van der Waals surface area contributed by atoms with Crippen molar-refractivity contribution in [1.82, 2.24) is 9.88 Å². The zero-order valence-corrected chi connectivity index (χ0v) is 16.9. The SMILES string of the molecule is CN(C)CCc1c[nH]c2cccc(OC(=O)SSC(C)(C)C3CC3)c12. The van der Waals surface area contributed by atoms with Crippen molar-refractivity contribution < 1.29 is 9.53 Å². The van der Waals surface area contributed by atoms with Crippen LogP contribution in [0.2, 0.25) is 0 Å². The van der Waals surface area contributed by atoms with Crippen LogP contribution in [0.5, 0.6) is 5.75 Å². The number of likely N-dealkylation sites (N-methyl/N-ethyl adjacent to an activating group) is 1. The van der Waals surface area contributed by atoms with Gasteiger partial charge in [-0.1, -0.05) is 16.9 Å². The van der Waals surface area contributed by atoms with E-state index in [-0.39, 0.29) is 10.0 Å². The first-order valence-electron chi connectivity index (χ1n) is 8.68. The largest absolute Gasteiger partial charge is 0.417 e. The zero-order chi connectivity index (χ0) is 18.0. The molecule has 1 aliphatic rings. The van der Waals surface area contributed by atoms with Crippen LogP contribution >= 0.6 is 21.6 Å². The summed E-state index contributed by atoms with van der Waals surface area (Å²) in [6.07, 6.45) is 5.47. The van der Waals surface area contributed by atoms with Crippen molar-refractivity contribution >= 4 is 37.8 Å². The lowest BCUT2D eigenvalue weighted by Crippen LogP contribution is -2.16. The maximum Gasteiger partial charge on any atom is 0.383 e. The van der Waals surface area contributed by atoms with Crippen molar-refractivity contribution in [3.63, 3.8) is 0 Å². The van der Waals surface area contributed by atoms with E-state index in [9.17, 15) is 4.79 Å². The molecule has 1 fully saturated rings. The number of hydrogen-bond donors (Lipinski definition) is 1. The molecule has 6 heteroatoms. The highest BCUT2D eigenvalue weighted by atomic mass is 33.1. The van der Waals surface area contributed by atoms with E-state index < -0.39 is 0 Å². The van der Waals surface area contributed by atoms with E-state index in [2.05, 4.69) is 37.8 Å². The van der Waals surface area contributed by atoms with Crippen molar-refractivity contribution in [1.29, 1.82) is 0 Å². The second-order valence-corrected chi connectivity index (χ2v) is 10.2. The van der Waals surface area contributed by atoms with Gasteiger partial charge in [-0.15, -0.1) is 0 Å². The van der Waals surface area contributed by atoms with Gasteiger partial charge in [0.2, 0.25) is 0 Å². The summed E-state index contributed by atoms with van der Waals surface area (Å²) in [7, 11) is 6.97. The van der Waals surface area contributed by atoms with E-state index in [1.165, 1.54) is 29.2 Å². The Kier molecular flexibility index (Phi) is 5.71. The highest BCUT2D eigenvalue weighted by Gasteiger charge is 2.39. The number of nitrogens with zero attached hydrogens (tertiary/aromatic N) is 1. The van der Waals surface area contributed by atoms with Crippen molar-refractivity contribution in [2.45, 2.75) is 37.9 Å². The molecule has 0 bridgehead atoms. The van der Waals surface area contributed by atoms with Crippen LogP contribution in [0.25, 0.3) is 10.9 Å². The predicted molar refractivity (Wildman–Crippen MR) is 109 cm³/mol. The molecule has 0 amide bonds. The Morgan fingerprint density at radius 1 is 1.36 bits per heavy atom. The van der Waals surface area contributed by atoms with Gasteiger partial charge in [-0.3, -0.25) is 0 Å². The number of ether oxygens (including phenoxy) is 1. The van der Waals surface area contributed by atoms with Crippen LogP contribution in [-0.4, -0.2) is 40.6 Å². The molecule has 0 aliphatic heterocycles. The molecular weight excluding hydrogens is 352 g/mol. The quantitative estimate of drug-likeness (QED) is 0.520. The monoisotopic (exact) mass is 378 g/mol. The summed E-state index contributed by atoms with van der Waals surface area (Å²) in [6, 6.07) is 5.82. The van der Waals surface area contributed by atoms with Crippen LogP contribution in [0, 0.1) is 5.92 Å². The number of hydrogen-bond acceptors (Lipinski definition) is 5. The number of fused-ring (bicyclic) bond motifs is 1. The average molecular weight is 379 g/mol. The number of rotatable bonds is 7. The molecule has 136 valence electrons. The van der Waals surface area contributed by atoms with Gasteiger partial charge in [0.1, 0.15) is 5.75 Å². The second-order valence-electron chi connectivity index (χ2n) is 7.44. The van der Waals surface area contributed by atoms with Crippen molar-refractivity contribution in [2.75, 3.05) is 20.6 Å². The Bertz CT molecular complexity index is 751. The number of carbonyl (C=O) groups excluding carboxylic acids is 1. The summed E-state index contributed by atoms with van der Waals surface area (Å²) in [4.78, 5) is 17.8. The summed E-state index contributed by atoms with van der Waals surface area (Å²) in [5.74, 6) is 1.37. The molecule has 1 aromatic heterocycles. The van der Waals surface area contributed by atoms with E-state index in [1.54, 1.807) is 10.8 Å². The second kappa shape index (κ2) is 7.64. The van der Waals surface area contributed by atoms with Crippen LogP contribution in [0.1, 0.15) is 32.3 Å². The summed E-state index contributed by atoms with van der Waals surface area (Å²) in [6.45, 7) is 5.37. The fourth-order valence-corrected chi connectivity index (χ4v) is 5.08. The van der Waals surface area contributed by atoms with E-state index in [0.717, 1.165) is 29.8 Å². The van der Waals surface area contributed by atoms with Gasteiger partial charge in [0.25, 0.3) is 0 Å². The van der Waals surface area contributed by atoms with Gasteiger partial charge in [-0.05, 0) is 70.8 Å². The molecule has 0 radical (unpaired) electrons. The predicted octanol–water partition coefficient (Wildman–Crippen LogP) is 5.34. The molecule has 0 spiro atoms. The zero-order valence-electron chi connectivity index (χ0n) is 15.3. The van der Waals surface area contributed by atoms with Crippen LogP contribution in [0.3, 0.4) is 0 Å². The minimum atomic E-state index is -0.244. The lowest BCUT2D eigenvalue weighted by Gasteiger charge is -2.21. The number of H-pyrrole nitrogens is 1. The topological polar surface area (TPSA) is 45.3 Å². The van der Waals surface area contributed by atoms with Gasteiger partial charge in [-0.2, -0.15) is 0 Å². The first kappa shape index (κ1) is 18.7. The van der Waals surface area contributed by atoms with Gasteiger partial charge in [0, 0.05) is 39.2 Å². The molecule has 1 saturated carbocycles. The Morgan fingerprint density at radius 3 is 2.80 bits per heavy atom. The first-order chi connectivity index (χ1) is 11.9. The highest BCUT2D eigenvalue weighted by molar-refractivity contribution is 8.82. The molecule has 1 N–H and O–H groups in total. The fraction of sp³-hybridized carbons (Fsp3) is 0.526. The summed E-state index contributed by atoms with van der Waals surface area (Å²) < 4.78 is 5.82. The van der Waals surface area contributed by atoms with Gasteiger partial charge in [0.05, 0.1) is 0 Å². The molecule has 25 heavy (non-hydrogen) atoms. The Hall–Kier alpha value is -1.11. The van der Waals surface area contributed by atoms with E-state index in [4.69, 9.17) is 4.74 Å². The summed E-state index contributed by atoms with van der Waals surface area (Å²) in [5, 5.41) is 0.774. The van der Waals surface area contributed by atoms with Gasteiger partial charge in [0.15, 0.2) is 0 Å². The Morgan fingerprint density at radius 2 is 2.12 bits per heavy atom. The lowest BCUT2D eigenvalue weighted by atomic mass is 10.1. The molecule has 2 aromatic rings. The van der Waals surface area contributed by atoms with Crippen LogP contribution in [0.15, 0.2) is 24.4 Å². The third-order valence-corrected chi connectivity index (χ3v) is 7.67. The average Bonchev–Trinajstić information content (AvgIpc) is 3.33. The van der Waals surface area contributed by atoms with Gasteiger partial charge in [-0.25, -0.2) is 4.79 Å². The molecule has 0 atom stereocenters. The molecule has 1 heterocycles. The first-order valence-corrected chi connectivity index (χ1v) is 10.8. The summed E-state index contributed by atoms with van der Waals surface area (Å²) in [5.41, 5.74) is 2.19. The molecule has 1 aliphatic carbocycles. The van der Waals surface area contributed by atoms with Crippen molar-refractivity contribution in [2.24, 2.45) is 5.92 Å². The minimum absolute atomic E-state index is 0.126. The van der Waals surface area contributed by atoms with E-state index in [0.29, 0.717) is 5.75 Å². The Balaban J connectivity index is 1.69. The van der Waals surface area contributed by atoms with Gasteiger partial charge >= 0.3 is 5.30 Å². The minimum Gasteiger partial charge on any atom is -0.417 e. The standard InChI is InChI=1S/C19H26N2O2S2/c1-19(2,14-8-9-14)25-24-18(22)23-16-7-5-6-15-17(16)13(12-20-15)10-11-21(3)4/h5-7,12,14,20H,8-11H2,1-4H3. The summed E-state index contributed by atoms with van der Waals surface area (Å²) >= 11 is 0. The lowest BCUT2D eigenvalue weighted by molar-refractivity contribution is 0.228. The molecule has 0 unspecified atom stereocenters. The van der Waals surface area contributed by atoms with Crippen LogP contribution in [0.4, 0.5) is 4.79 Å². The van der Waals surface area contributed by atoms with Crippen molar-refractivity contribution in [3.8, 4) is 5.75 Å². The molecule has 0 saturated heterocycles. The Labute approximate surface area is 157 Å². The molecule has 1 aromatic carbocycles. The number of nitrogens with one attached hydrogen (secondary N) is 1. The van der Waals surface area contributed by atoms with Gasteiger partial charge < -0.3 is 14.6 Å². The number of aromatic nitrogens is 1. The van der Waals surface area contributed by atoms with Crippen molar-refractivity contribution in [3.05, 3.63) is 30.0 Å². The maximum atomic E-state index is 12.3. The molecule has 4 nitrogen and oxygen atoms in total. The smallest absolute Gasteiger partial charge is 0.383 e.